The molecule has 2 N–H and O–H groups in total. The number of nitrogens with one attached hydrogen (secondary N) is 1. The van der Waals surface area contributed by atoms with E-state index < -0.39 is 17.3 Å². The molecule has 1 aliphatic carbocycles. The number of hydrogen-bond acceptors (Lipinski definition) is 2. The summed E-state index contributed by atoms with van der Waals surface area (Å²) in [6, 6.07) is 10.9. The summed E-state index contributed by atoms with van der Waals surface area (Å²) in [5.41, 5.74) is 4.89. The molecule has 1 atom stereocenters. The van der Waals surface area contributed by atoms with Crippen LogP contribution in [0.25, 0.3) is 10.9 Å². The fraction of sp³-hybridized carbons (Fsp3) is 0.407. The molecule has 3 aromatic rings. The molecule has 7 heteroatoms. The molecule has 178 valence electrons. The maximum Gasteiger partial charge on any atom is 0.335 e. The van der Waals surface area contributed by atoms with E-state index in [1.165, 1.54) is 0 Å². The lowest BCUT2D eigenvalue weighted by atomic mass is 9.74. The van der Waals surface area contributed by atoms with Gasteiger partial charge in [-0.3, -0.25) is 0 Å². The molecule has 1 aromatic heterocycles. The number of alkyl halides is 2. The number of carboxylic acid groups (broad SMARTS) is 1. The summed E-state index contributed by atoms with van der Waals surface area (Å²) < 4.78 is 36.5. The maximum absolute atomic E-state index is 14.3. The first-order valence-corrected chi connectivity index (χ1v) is 11.7. The number of aromatic amines is 1. The number of methoxy groups -OCH3 is 1. The summed E-state index contributed by atoms with van der Waals surface area (Å²) in [5.74, 6) is -2.79. The Balaban J connectivity index is 1.60. The summed E-state index contributed by atoms with van der Waals surface area (Å²) in [6.07, 6.45) is 3.56. The highest BCUT2D eigenvalue weighted by molar-refractivity contribution is 5.99. The van der Waals surface area contributed by atoms with Crippen molar-refractivity contribution in [3.05, 3.63) is 64.8 Å². The summed E-state index contributed by atoms with van der Waals surface area (Å²) in [6.45, 7) is 3.28. The Bertz CT molecular complexity index is 1290. The van der Waals surface area contributed by atoms with Crippen molar-refractivity contribution in [1.29, 1.82) is 0 Å². The summed E-state index contributed by atoms with van der Waals surface area (Å²) in [5, 5.41) is 10.4. The number of benzene rings is 2. The zero-order valence-electron chi connectivity index (χ0n) is 19.5. The number of aryl methyl sites for hydroxylation is 1. The Kier molecular flexibility index (Phi) is 5.46. The third-order valence-electron chi connectivity index (χ3n) is 7.64. The predicted octanol–water partition coefficient (Wildman–Crippen LogP) is 5.78. The number of ether oxygens (including phenoxy) is 1. The predicted molar refractivity (Wildman–Crippen MR) is 126 cm³/mol. The molecule has 0 saturated heterocycles. The fourth-order valence-electron chi connectivity index (χ4n) is 5.84. The Morgan fingerprint density at radius 3 is 2.59 bits per heavy atom. The molecule has 1 aliphatic heterocycles. The Hall–Kier alpha value is -3.22. The Morgan fingerprint density at radius 2 is 1.94 bits per heavy atom. The standard InChI is InChI=1S/C27H28F2N2O3/c1-17-13-23(34-2)21(20-7-11-30-24(17)20)15-31-12-10-26(8-9-27(28,29)16-26)14-22(31)18-3-5-19(6-4-18)25(32)33/h3-7,11,13,30H,8-10,12,14-16H2,1-2H3/p+1/t26-/m1/s1. The summed E-state index contributed by atoms with van der Waals surface area (Å²) in [4.78, 5) is 14.7. The highest BCUT2D eigenvalue weighted by Crippen LogP contribution is 2.53. The van der Waals surface area contributed by atoms with Gasteiger partial charge in [0.05, 0.1) is 18.2 Å². The first kappa shape index (κ1) is 22.6. The van der Waals surface area contributed by atoms with Crippen molar-refractivity contribution in [3.8, 4) is 5.75 Å². The van der Waals surface area contributed by atoms with Crippen molar-refractivity contribution in [2.75, 3.05) is 13.7 Å². The number of fused-ring (bicyclic) bond motifs is 1. The fourth-order valence-corrected chi connectivity index (χ4v) is 5.84. The third-order valence-corrected chi connectivity index (χ3v) is 7.64. The molecular formula is C27H29F2N2O3+. The zero-order chi connectivity index (χ0) is 24.1. The van der Waals surface area contributed by atoms with Crippen LogP contribution in [0, 0.1) is 12.3 Å². The highest BCUT2D eigenvalue weighted by Gasteiger charge is 2.52. The first-order chi connectivity index (χ1) is 16.2. The lowest BCUT2D eigenvalue weighted by Crippen LogP contribution is -2.38. The number of carbonyl (C=O) groups is 1. The molecule has 2 aliphatic rings. The molecule has 1 saturated carbocycles. The van der Waals surface area contributed by atoms with Gasteiger partial charge < -0.3 is 14.8 Å². The van der Waals surface area contributed by atoms with Crippen LogP contribution in [0.2, 0.25) is 0 Å². The zero-order valence-corrected chi connectivity index (χ0v) is 19.5. The van der Waals surface area contributed by atoms with E-state index in [2.05, 4.69) is 9.56 Å². The van der Waals surface area contributed by atoms with Crippen molar-refractivity contribution in [2.45, 2.75) is 51.5 Å². The van der Waals surface area contributed by atoms with Crippen LogP contribution >= 0.6 is 0 Å². The van der Waals surface area contributed by atoms with Gasteiger partial charge in [-0.15, -0.1) is 0 Å². The van der Waals surface area contributed by atoms with E-state index >= 15 is 0 Å². The molecule has 0 amide bonds. The number of rotatable bonds is 5. The Labute approximate surface area is 197 Å². The van der Waals surface area contributed by atoms with Gasteiger partial charge in [0.1, 0.15) is 12.3 Å². The van der Waals surface area contributed by atoms with Gasteiger partial charge in [0.2, 0.25) is 5.92 Å². The molecule has 0 radical (unpaired) electrons. The normalized spacial score (nSPS) is 22.0. The quantitative estimate of drug-likeness (QED) is 0.467. The molecule has 1 spiro atoms. The van der Waals surface area contributed by atoms with E-state index in [0.29, 0.717) is 32.4 Å². The van der Waals surface area contributed by atoms with Gasteiger partial charge in [-0.05, 0) is 60.7 Å². The molecule has 0 unspecified atom stereocenters. The van der Waals surface area contributed by atoms with E-state index in [1.54, 1.807) is 31.4 Å². The second-order valence-electron chi connectivity index (χ2n) is 9.85. The minimum Gasteiger partial charge on any atom is -0.496 e. The largest absolute Gasteiger partial charge is 0.496 e. The van der Waals surface area contributed by atoms with E-state index in [-0.39, 0.29) is 18.4 Å². The molecule has 34 heavy (non-hydrogen) atoms. The van der Waals surface area contributed by atoms with Crippen LogP contribution in [0.15, 0.2) is 42.6 Å². The van der Waals surface area contributed by atoms with E-state index in [0.717, 1.165) is 39.1 Å². The van der Waals surface area contributed by atoms with Crippen molar-refractivity contribution in [1.82, 2.24) is 4.98 Å². The number of carboxylic acids is 1. The van der Waals surface area contributed by atoms with Crippen LogP contribution in [0.1, 0.15) is 59.2 Å². The third kappa shape index (κ3) is 3.97. The van der Waals surface area contributed by atoms with Gasteiger partial charge in [0.15, 0.2) is 12.3 Å². The van der Waals surface area contributed by atoms with Crippen LogP contribution < -0.4 is 4.74 Å². The minimum absolute atomic E-state index is 0.0615. The van der Waals surface area contributed by atoms with Crippen LogP contribution in [0.5, 0.6) is 5.75 Å². The topological polar surface area (TPSA) is 65.3 Å². The van der Waals surface area contributed by atoms with Crippen LogP contribution in [-0.2, 0) is 6.54 Å². The van der Waals surface area contributed by atoms with Gasteiger partial charge in [0.25, 0.3) is 0 Å². The monoisotopic (exact) mass is 467 g/mol. The van der Waals surface area contributed by atoms with Gasteiger partial charge in [-0.25, -0.2) is 18.2 Å². The molecule has 5 nitrogen and oxygen atoms in total. The summed E-state index contributed by atoms with van der Waals surface area (Å²) >= 11 is 0. The summed E-state index contributed by atoms with van der Waals surface area (Å²) in [7, 11) is 1.66. The lowest BCUT2D eigenvalue weighted by Gasteiger charge is -2.32. The van der Waals surface area contributed by atoms with Crippen LogP contribution in [0.3, 0.4) is 0 Å². The van der Waals surface area contributed by atoms with Crippen molar-refractivity contribution in [3.63, 3.8) is 0 Å². The number of nitrogens with zero attached hydrogens (tertiary/aromatic N) is 1. The molecule has 2 aromatic carbocycles. The van der Waals surface area contributed by atoms with Gasteiger partial charge in [0, 0.05) is 48.3 Å². The van der Waals surface area contributed by atoms with Gasteiger partial charge >= 0.3 is 5.97 Å². The average molecular weight is 468 g/mol. The van der Waals surface area contributed by atoms with E-state index in [1.807, 2.05) is 25.3 Å². The second kappa shape index (κ2) is 8.22. The first-order valence-electron chi connectivity index (χ1n) is 11.7. The smallest absolute Gasteiger partial charge is 0.335 e. The van der Waals surface area contributed by atoms with Crippen molar-refractivity contribution in [2.24, 2.45) is 5.41 Å². The van der Waals surface area contributed by atoms with E-state index in [4.69, 9.17) is 4.74 Å². The number of aromatic nitrogens is 1. The molecular weight excluding hydrogens is 438 g/mol. The second-order valence-corrected chi connectivity index (χ2v) is 9.85. The number of hydrogen-bond donors (Lipinski definition) is 2. The highest BCUT2D eigenvalue weighted by atomic mass is 19.3. The number of halogens is 2. The average Bonchev–Trinajstić information content (AvgIpc) is 3.42. The van der Waals surface area contributed by atoms with E-state index in [9.17, 15) is 18.7 Å². The van der Waals surface area contributed by atoms with Crippen LogP contribution in [-0.4, -0.2) is 45.9 Å². The molecule has 0 bridgehead atoms. The molecule has 1 fully saturated rings. The van der Waals surface area contributed by atoms with Crippen molar-refractivity contribution >= 4 is 22.6 Å². The Morgan fingerprint density at radius 1 is 1.18 bits per heavy atom. The number of H-pyrrole nitrogens is 1. The van der Waals surface area contributed by atoms with Crippen molar-refractivity contribution < 1.29 is 28.0 Å². The van der Waals surface area contributed by atoms with Gasteiger partial charge in [-0.1, -0.05) is 0 Å². The molecule has 5 rings (SSSR count). The van der Waals surface area contributed by atoms with Gasteiger partial charge in [-0.2, -0.15) is 0 Å². The maximum atomic E-state index is 14.3. The SMILES string of the molecule is COc1cc(C)c2[nH]ccc2c1C[N+]1=C(c2ccc(C(=O)O)cc2)C[C@]2(CC1)CCC(F)(F)C2. The van der Waals surface area contributed by atoms with Crippen LogP contribution in [0.4, 0.5) is 8.78 Å². The molecule has 2 heterocycles. The minimum atomic E-state index is -2.61. The number of aromatic carboxylic acids is 1. The lowest BCUT2D eigenvalue weighted by molar-refractivity contribution is -0.552.